The van der Waals surface area contributed by atoms with Gasteiger partial charge in [-0.1, -0.05) is 30.3 Å². The zero-order chi connectivity index (χ0) is 17.4. The second-order valence-electron chi connectivity index (χ2n) is 5.40. The predicted octanol–water partition coefficient (Wildman–Crippen LogP) is -2.02. The SMILES string of the molecule is C[NH+](C)CCNC(=S)NNC(=O)Cn1nnc(-c2ccccc2)n1. The Bertz CT molecular complexity index is 672. The number of carbonyl (C=O) groups excluding carboxylic acids is 1. The maximum absolute atomic E-state index is 11.9. The fraction of sp³-hybridized carbons (Fsp3) is 0.357. The van der Waals surface area contributed by atoms with Gasteiger partial charge < -0.3 is 10.2 Å². The number of amides is 1. The minimum atomic E-state index is -0.325. The first-order valence-corrected chi connectivity index (χ1v) is 7.90. The van der Waals surface area contributed by atoms with Crippen molar-refractivity contribution in [3.05, 3.63) is 30.3 Å². The fourth-order valence-corrected chi connectivity index (χ4v) is 1.93. The first-order valence-electron chi connectivity index (χ1n) is 7.49. The van der Waals surface area contributed by atoms with Gasteiger partial charge in [-0.3, -0.25) is 15.6 Å². The highest BCUT2D eigenvalue weighted by Crippen LogP contribution is 2.11. The van der Waals surface area contributed by atoms with Crippen LogP contribution in [0.15, 0.2) is 30.3 Å². The molecule has 0 aliphatic rings. The Morgan fingerprint density at radius 1 is 1.25 bits per heavy atom. The average molecular weight is 349 g/mol. The molecular weight excluding hydrogens is 328 g/mol. The Balaban J connectivity index is 1.75. The second kappa shape index (κ2) is 8.89. The van der Waals surface area contributed by atoms with Gasteiger partial charge in [-0.2, -0.15) is 4.80 Å². The van der Waals surface area contributed by atoms with Crippen molar-refractivity contribution in [1.29, 1.82) is 0 Å². The number of thiocarbonyl (C=S) groups is 1. The molecule has 4 N–H and O–H groups in total. The van der Waals surface area contributed by atoms with Gasteiger partial charge in [0.25, 0.3) is 5.91 Å². The largest absolute Gasteiger partial charge is 0.356 e. The maximum Gasteiger partial charge on any atom is 0.262 e. The molecule has 0 saturated heterocycles. The van der Waals surface area contributed by atoms with Crippen molar-refractivity contribution in [2.75, 3.05) is 27.2 Å². The van der Waals surface area contributed by atoms with E-state index in [-0.39, 0.29) is 12.5 Å². The lowest BCUT2D eigenvalue weighted by Gasteiger charge is -2.12. The Labute approximate surface area is 145 Å². The van der Waals surface area contributed by atoms with Crippen LogP contribution in [0.2, 0.25) is 0 Å². The summed E-state index contributed by atoms with van der Waals surface area (Å²) in [6, 6.07) is 9.44. The first kappa shape index (κ1) is 17.8. The zero-order valence-electron chi connectivity index (χ0n) is 13.6. The van der Waals surface area contributed by atoms with E-state index in [2.05, 4.69) is 45.7 Å². The molecule has 0 saturated carbocycles. The van der Waals surface area contributed by atoms with Gasteiger partial charge in [0.05, 0.1) is 27.2 Å². The lowest BCUT2D eigenvalue weighted by molar-refractivity contribution is -0.856. The van der Waals surface area contributed by atoms with E-state index in [1.54, 1.807) is 0 Å². The van der Waals surface area contributed by atoms with Crippen LogP contribution in [0, 0.1) is 0 Å². The van der Waals surface area contributed by atoms with Crippen LogP contribution in [0.25, 0.3) is 11.4 Å². The molecule has 0 aliphatic carbocycles. The standard InChI is InChI=1S/C14H20N8OS/c1-21(2)9-8-15-14(24)18-16-12(23)10-22-19-13(17-20-22)11-6-4-3-5-7-11/h3-7H,8-10H2,1-2H3,(H,16,23)(H2,15,18,24)/p+1. The van der Waals surface area contributed by atoms with Crippen molar-refractivity contribution in [3.8, 4) is 11.4 Å². The third-order valence-corrected chi connectivity index (χ3v) is 3.24. The number of hydrazine groups is 1. The summed E-state index contributed by atoms with van der Waals surface area (Å²) in [5.74, 6) is 0.147. The summed E-state index contributed by atoms with van der Waals surface area (Å²) < 4.78 is 0. The summed E-state index contributed by atoms with van der Waals surface area (Å²) in [6.07, 6.45) is 0. The van der Waals surface area contributed by atoms with Crippen molar-refractivity contribution in [2.45, 2.75) is 6.54 Å². The molecule has 1 aromatic heterocycles. The van der Waals surface area contributed by atoms with E-state index in [0.29, 0.717) is 10.9 Å². The lowest BCUT2D eigenvalue weighted by Crippen LogP contribution is -3.06. The normalized spacial score (nSPS) is 10.5. The molecule has 0 fully saturated rings. The fourth-order valence-electron chi connectivity index (χ4n) is 1.78. The molecule has 0 bridgehead atoms. The summed E-state index contributed by atoms with van der Waals surface area (Å²) in [4.78, 5) is 14.4. The van der Waals surface area contributed by atoms with Crippen LogP contribution in [0.4, 0.5) is 0 Å². The number of likely N-dealkylation sites (N-methyl/N-ethyl adjacent to an activating group) is 1. The molecule has 0 radical (unpaired) electrons. The molecule has 10 heteroatoms. The highest BCUT2D eigenvalue weighted by molar-refractivity contribution is 7.80. The van der Waals surface area contributed by atoms with Gasteiger partial charge in [-0.25, -0.2) is 0 Å². The van der Waals surface area contributed by atoms with Crippen LogP contribution in [0.5, 0.6) is 0 Å². The quantitative estimate of drug-likeness (QED) is 0.353. The number of aromatic nitrogens is 4. The third kappa shape index (κ3) is 5.89. The molecular formula is C14H21N8OS+. The summed E-state index contributed by atoms with van der Waals surface area (Å²) in [5, 5.41) is 15.3. The topological polar surface area (TPSA) is 101 Å². The van der Waals surface area contributed by atoms with E-state index >= 15 is 0 Å². The Morgan fingerprint density at radius 3 is 2.71 bits per heavy atom. The first-order chi connectivity index (χ1) is 11.5. The van der Waals surface area contributed by atoms with E-state index in [0.717, 1.165) is 18.7 Å². The predicted molar refractivity (Wildman–Crippen MR) is 92.8 cm³/mol. The molecule has 1 aromatic carbocycles. The number of hydrogen-bond donors (Lipinski definition) is 4. The summed E-state index contributed by atoms with van der Waals surface area (Å²) in [5.41, 5.74) is 5.97. The highest BCUT2D eigenvalue weighted by Gasteiger charge is 2.09. The van der Waals surface area contributed by atoms with Gasteiger partial charge >= 0.3 is 0 Å². The monoisotopic (exact) mass is 349 g/mol. The van der Waals surface area contributed by atoms with Crippen LogP contribution >= 0.6 is 12.2 Å². The highest BCUT2D eigenvalue weighted by atomic mass is 32.1. The molecule has 1 heterocycles. The molecule has 0 spiro atoms. The van der Waals surface area contributed by atoms with Crippen molar-refractivity contribution in [3.63, 3.8) is 0 Å². The third-order valence-electron chi connectivity index (χ3n) is 3.00. The molecule has 2 aromatic rings. The molecule has 128 valence electrons. The van der Waals surface area contributed by atoms with Gasteiger partial charge in [0.1, 0.15) is 6.54 Å². The number of hydrogen-bond acceptors (Lipinski definition) is 5. The van der Waals surface area contributed by atoms with Gasteiger partial charge in [-0.15, -0.1) is 10.2 Å². The van der Waals surface area contributed by atoms with Crippen LogP contribution < -0.4 is 21.1 Å². The van der Waals surface area contributed by atoms with Crippen LogP contribution in [-0.2, 0) is 11.3 Å². The Kier molecular flexibility index (Phi) is 6.58. The number of quaternary nitrogens is 1. The molecule has 0 unspecified atom stereocenters. The van der Waals surface area contributed by atoms with Gasteiger partial charge in [0.15, 0.2) is 5.11 Å². The van der Waals surface area contributed by atoms with E-state index < -0.39 is 0 Å². The van der Waals surface area contributed by atoms with E-state index in [1.807, 2.05) is 30.3 Å². The minimum absolute atomic E-state index is 0.0582. The summed E-state index contributed by atoms with van der Waals surface area (Å²) in [7, 11) is 4.10. The number of carbonyl (C=O) groups is 1. The molecule has 0 atom stereocenters. The molecule has 2 rings (SSSR count). The number of tetrazole rings is 1. The van der Waals surface area contributed by atoms with Crippen molar-refractivity contribution < 1.29 is 9.69 Å². The van der Waals surface area contributed by atoms with Crippen LogP contribution in [0.1, 0.15) is 0 Å². The number of nitrogens with one attached hydrogen (secondary N) is 4. The molecule has 1 amide bonds. The Hall–Kier alpha value is -2.59. The van der Waals surface area contributed by atoms with Crippen molar-refractivity contribution >= 4 is 23.2 Å². The second-order valence-corrected chi connectivity index (χ2v) is 5.80. The summed E-state index contributed by atoms with van der Waals surface area (Å²) in [6.45, 7) is 1.58. The molecule has 9 nitrogen and oxygen atoms in total. The van der Waals surface area contributed by atoms with Crippen LogP contribution in [0.3, 0.4) is 0 Å². The van der Waals surface area contributed by atoms with E-state index in [4.69, 9.17) is 12.2 Å². The smallest absolute Gasteiger partial charge is 0.262 e. The zero-order valence-corrected chi connectivity index (χ0v) is 14.4. The van der Waals surface area contributed by atoms with Gasteiger partial charge in [0, 0.05) is 5.56 Å². The van der Waals surface area contributed by atoms with E-state index in [1.165, 1.54) is 9.70 Å². The number of benzene rings is 1. The molecule has 0 aliphatic heterocycles. The maximum atomic E-state index is 11.9. The minimum Gasteiger partial charge on any atom is -0.356 e. The Morgan fingerprint density at radius 2 is 2.00 bits per heavy atom. The van der Waals surface area contributed by atoms with Gasteiger partial charge in [-0.05, 0) is 17.4 Å². The van der Waals surface area contributed by atoms with Crippen molar-refractivity contribution in [1.82, 2.24) is 36.4 Å². The van der Waals surface area contributed by atoms with E-state index in [9.17, 15) is 4.79 Å². The molecule has 24 heavy (non-hydrogen) atoms. The van der Waals surface area contributed by atoms with Crippen LogP contribution in [-0.4, -0.2) is 58.4 Å². The average Bonchev–Trinajstić information content (AvgIpc) is 3.02. The van der Waals surface area contributed by atoms with Gasteiger partial charge in [0.2, 0.25) is 5.82 Å². The summed E-state index contributed by atoms with van der Waals surface area (Å²) >= 11 is 5.06. The number of nitrogens with zero attached hydrogens (tertiary/aromatic N) is 4. The number of rotatable bonds is 6. The lowest BCUT2D eigenvalue weighted by atomic mass is 10.2. The van der Waals surface area contributed by atoms with Crippen molar-refractivity contribution in [2.24, 2.45) is 0 Å².